The third-order valence-corrected chi connectivity index (χ3v) is 3.32. The average molecular weight is 323 g/mol. The molecule has 0 aliphatic rings. The van der Waals surface area contributed by atoms with Crippen molar-refractivity contribution in [1.29, 1.82) is 0 Å². The first-order valence-corrected chi connectivity index (χ1v) is 7.56. The lowest BCUT2D eigenvalue weighted by Gasteiger charge is -2.09. The molecule has 0 fully saturated rings. The van der Waals surface area contributed by atoms with Gasteiger partial charge in [-0.25, -0.2) is 4.39 Å². The van der Waals surface area contributed by atoms with E-state index in [9.17, 15) is 9.18 Å². The lowest BCUT2D eigenvalue weighted by atomic mass is 10.1. The van der Waals surface area contributed by atoms with Crippen LogP contribution >= 0.6 is 0 Å². The van der Waals surface area contributed by atoms with Gasteiger partial charge >= 0.3 is 0 Å². The van der Waals surface area contributed by atoms with Crippen molar-refractivity contribution in [3.63, 3.8) is 0 Å². The van der Waals surface area contributed by atoms with Gasteiger partial charge in [-0.05, 0) is 60.0 Å². The van der Waals surface area contributed by atoms with Crippen LogP contribution in [0.5, 0.6) is 5.75 Å². The van der Waals surface area contributed by atoms with Crippen molar-refractivity contribution in [2.24, 2.45) is 0 Å². The molecule has 0 aliphatic heterocycles. The summed E-state index contributed by atoms with van der Waals surface area (Å²) in [5.41, 5.74) is 2.44. The van der Waals surface area contributed by atoms with E-state index in [-0.39, 0.29) is 18.3 Å². The number of halogens is 1. The molecule has 0 aromatic heterocycles. The Kier molecular flexibility index (Phi) is 6.16. The minimum atomic E-state index is -0.345. The van der Waals surface area contributed by atoms with E-state index < -0.39 is 0 Å². The number of nitrogens with one attached hydrogen (secondary N) is 1. The van der Waals surface area contributed by atoms with Crippen molar-refractivity contribution in [2.45, 2.75) is 13.3 Å². The Morgan fingerprint density at radius 2 is 2.04 bits per heavy atom. The van der Waals surface area contributed by atoms with Gasteiger partial charge in [0.1, 0.15) is 18.2 Å². The minimum absolute atomic E-state index is 0.224. The molecule has 1 N–H and O–H groups in total. The quantitative estimate of drug-likeness (QED) is 0.643. The number of ether oxygens (including phenoxy) is 1. The number of hydrogen-bond donors (Lipinski definition) is 1. The van der Waals surface area contributed by atoms with Crippen molar-refractivity contribution in [3.8, 4) is 18.1 Å². The van der Waals surface area contributed by atoms with Crippen LogP contribution in [0, 0.1) is 18.2 Å². The molecule has 2 aromatic rings. The van der Waals surface area contributed by atoms with E-state index in [4.69, 9.17) is 11.2 Å². The summed E-state index contributed by atoms with van der Waals surface area (Å²) in [4.78, 5) is 11.9. The summed E-state index contributed by atoms with van der Waals surface area (Å²) in [5.74, 6) is 2.56. The summed E-state index contributed by atoms with van der Waals surface area (Å²) in [7, 11) is 0. The SMILES string of the molecule is C#CCOc1ccc(/C=C/C(=O)Nc2ccc(F)cc2)cc1CC. The van der Waals surface area contributed by atoms with Crippen LogP contribution in [-0.4, -0.2) is 12.5 Å². The number of terminal acetylenes is 1. The zero-order chi connectivity index (χ0) is 17.4. The monoisotopic (exact) mass is 323 g/mol. The normalized spacial score (nSPS) is 10.4. The molecule has 4 heteroatoms. The van der Waals surface area contributed by atoms with Crippen LogP contribution in [0.4, 0.5) is 10.1 Å². The molecule has 0 saturated heterocycles. The maximum atomic E-state index is 12.8. The second-order valence-electron chi connectivity index (χ2n) is 5.04. The molecule has 0 unspecified atom stereocenters. The molecule has 0 heterocycles. The van der Waals surface area contributed by atoms with Gasteiger partial charge in [0.25, 0.3) is 0 Å². The third kappa shape index (κ3) is 4.99. The lowest BCUT2D eigenvalue weighted by Crippen LogP contribution is -2.07. The van der Waals surface area contributed by atoms with Crippen LogP contribution in [0.15, 0.2) is 48.5 Å². The number of amides is 1. The van der Waals surface area contributed by atoms with E-state index in [1.165, 1.54) is 30.3 Å². The molecular weight excluding hydrogens is 305 g/mol. The summed E-state index contributed by atoms with van der Waals surface area (Å²) >= 11 is 0. The van der Waals surface area contributed by atoms with Crippen molar-refractivity contribution in [3.05, 3.63) is 65.5 Å². The highest BCUT2D eigenvalue weighted by atomic mass is 19.1. The zero-order valence-electron chi connectivity index (χ0n) is 13.4. The molecule has 1 amide bonds. The van der Waals surface area contributed by atoms with Gasteiger partial charge in [-0.3, -0.25) is 4.79 Å². The fraction of sp³-hybridized carbons (Fsp3) is 0.150. The van der Waals surface area contributed by atoms with Gasteiger partial charge in [-0.1, -0.05) is 18.9 Å². The van der Waals surface area contributed by atoms with Crippen molar-refractivity contribution >= 4 is 17.7 Å². The Morgan fingerprint density at radius 1 is 1.29 bits per heavy atom. The zero-order valence-corrected chi connectivity index (χ0v) is 13.4. The Labute approximate surface area is 141 Å². The van der Waals surface area contributed by atoms with Gasteiger partial charge in [-0.2, -0.15) is 0 Å². The average Bonchev–Trinajstić information content (AvgIpc) is 2.60. The molecule has 0 radical (unpaired) electrons. The van der Waals surface area contributed by atoms with Crippen LogP contribution in [0.3, 0.4) is 0 Å². The Hall–Kier alpha value is -3.06. The number of benzene rings is 2. The van der Waals surface area contributed by atoms with E-state index in [0.29, 0.717) is 5.69 Å². The molecule has 0 bridgehead atoms. The Morgan fingerprint density at radius 3 is 2.71 bits per heavy atom. The summed E-state index contributed by atoms with van der Waals surface area (Å²) < 4.78 is 18.3. The largest absolute Gasteiger partial charge is 0.481 e. The molecule has 122 valence electrons. The maximum absolute atomic E-state index is 12.8. The highest BCUT2D eigenvalue weighted by Gasteiger charge is 2.03. The molecule has 2 aromatic carbocycles. The smallest absolute Gasteiger partial charge is 0.248 e. The third-order valence-electron chi connectivity index (χ3n) is 3.32. The summed E-state index contributed by atoms with van der Waals surface area (Å²) in [5, 5.41) is 2.67. The number of aryl methyl sites for hydroxylation is 1. The first-order chi connectivity index (χ1) is 11.6. The molecule has 3 nitrogen and oxygen atoms in total. The van der Waals surface area contributed by atoms with Gasteiger partial charge in [0.05, 0.1) is 0 Å². The predicted octanol–water partition coefficient (Wildman–Crippen LogP) is 4.05. The minimum Gasteiger partial charge on any atom is -0.481 e. The van der Waals surface area contributed by atoms with E-state index in [0.717, 1.165) is 23.3 Å². The number of carbonyl (C=O) groups is 1. The van der Waals surface area contributed by atoms with Crippen LogP contribution in [-0.2, 0) is 11.2 Å². The van der Waals surface area contributed by atoms with Crippen LogP contribution < -0.4 is 10.1 Å². The van der Waals surface area contributed by atoms with Crippen molar-refractivity contribution < 1.29 is 13.9 Å². The molecule has 0 spiro atoms. The van der Waals surface area contributed by atoms with Crippen LogP contribution in [0.1, 0.15) is 18.1 Å². The summed E-state index contributed by atoms with van der Waals surface area (Å²) in [6, 6.07) is 11.2. The van der Waals surface area contributed by atoms with E-state index in [2.05, 4.69) is 11.2 Å². The van der Waals surface area contributed by atoms with Crippen LogP contribution in [0.2, 0.25) is 0 Å². The standard InChI is InChI=1S/C20H18FNO2/c1-3-13-24-19-11-5-15(14-16(19)4-2)6-12-20(23)22-18-9-7-17(21)8-10-18/h1,5-12,14H,4,13H2,2H3,(H,22,23)/b12-6+. The molecule has 0 saturated carbocycles. The second-order valence-corrected chi connectivity index (χ2v) is 5.04. The number of anilines is 1. The fourth-order valence-corrected chi connectivity index (χ4v) is 2.13. The Balaban J connectivity index is 2.03. The first-order valence-electron chi connectivity index (χ1n) is 7.56. The van der Waals surface area contributed by atoms with E-state index >= 15 is 0 Å². The second kappa shape index (κ2) is 8.54. The highest BCUT2D eigenvalue weighted by molar-refractivity contribution is 6.01. The van der Waals surface area contributed by atoms with E-state index in [1.54, 1.807) is 6.08 Å². The van der Waals surface area contributed by atoms with Crippen molar-refractivity contribution in [2.75, 3.05) is 11.9 Å². The molecule has 24 heavy (non-hydrogen) atoms. The van der Waals surface area contributed by atoms with Gasteiger partial charge in [0.15, 0.2) is 0 Å². The van der Waals surface area contributed by atoms with Gasteiger partial charge in [0.2, 0.25) is 5.91 Å². The van der Waals surface area contributed by atoms with Gasteiger partial charge < -0.3 is 10.1 Å². The first kappa shape index (κ1) is 17.3. The molecular formula is C20H18FNO2. The maximum Gasteiger partial charge on any atom is 0.248 e. The topological polar surface area (TPSA) is 38.3 Å². The summed E-state index contributed by atoms with van der Waals surface area (Å²) in [6.45, 7) is 2.25. The van der Waals surface area contributed by atoms with Crippen LogP contribution in [0.25, 0.3) is 6.08 Å². The highest BCUT2D eigenvalue weighted by Crippen LogP contribution is 2.21. The molecule has 2 rings (SSSR count). The molecule has 0 atom stereocenters. The number of hydrogen-bond acceptors (Lipinski definition) is 2. The number of rotatable bonds is 6. The van der Waals surface area contributed by atoms with E-state index in [1.807, 2.05) is 25.1 Å². The lowest BCUT2D eigenvalue weighted by molar-refractivity contribution is -0.111. The number of carbonyl (C=O) groups excluding carboxylic acids is 1. The molecule has 0 aliphatic carbocycles. The fourth-order valence-electron chi connectivity index (χ4n) is 2.13. The van der Waals surface area contributed by atoms with Gasteiger partial charge in [-0.15, -0.1) is 6.42 Å². The van der Waals surface area contributed by atoms with Gasteiger partial charge in [0, 0.05) is 11.8 Å². The summed E-state index contributed by atoms with van der Waals surface area (Å²) in [6.07, 6.45) is 9.14. The van der Waals surface area contributed by atoms with Crippen molar-refractivity contribution in [1.82, 2.24) is 0 Å². The predicted molar refractivity (Wildman–Crippen MR) is 94.2 cm³/mol. The Bertz CT molecular complexity index is 773.